The summed E-state index contributed by atoms with van der Waals surface area (Å²) in [6.07, 6.45) is 2.26. The Bertz CT molecular complexity index is 697. The van der Waals surface area contributed by atoms with Gasteiger partial charge in [-0.05, 0) is 26.3 Å². The number of carbonyl (C=O) groups is 2. The molecule has 2 atom stereocenters. The highest BCUT2D eigenvalue weighted by Crippen LogP contribution is 2.23. The second kappa shape index (κ2) is 7.37. The number of β-amino-alcohol motifs (C(OH)–C–C–N with tert-alkyl or cyclic N) is 1. The molecule has 0 unspecified atom stereocenters. The van der Waals surface area contributed by atoms with Crippen molar-refractivity contribution in [2.75, 3.05) is 19.6 Å². The maximum absolute atomic E-state index is 12.4. The van der Waals surface area contributed by atoms with Crippen LogP contribution >= 0.6 is 0 Å². The Morgan fingerprint density at radius 1 is 1.44 bits per heavy atom. The fraction of sp³-hybridized carbons (Fsp3) is 0.588. The monoisotopic (exact) mass is 350 g/mol. The van der Waals surface area contributed by atoms with Gasteiger partial charge in [0.2, 0.25) is 11.8 Å². The normalized spacial score (nSPS) is 23.9. The van der Waals surface area contributed by atoms with Gasteiger partial charge in [-0.3, -0.25) is 14.3 Å². The first kappa shape index (κ1) is 19.1. The summed E-state index contributed by atoms with van der Waals surface area (Å²) in [5, 5.41) is 27.5. The number of carbonyl (C=O) groups excluding carboxylic acids is 2. The second-order valence-corrected chi connectivity index (χ2v) is 6.60. The predicted molar refractivity (Wildman–Crippen MR) is 92.6 cm³/mol. The van der Waals surface area contributed by atoms with Crippen LogP contribution < -0.4 is 5.32 Å². The van der Waals surface area contributed by atoms with Crippen LogP contribution in [0, 0.1) is 13.8 Å². The molecule has 8 heteroatoms. The highest BCUT2D eigenvalue weighted by Gasteiger charge is 2.41. The quantitative estimate of drug-likeness (QED) is 0.635. The zero-order chi connectivity index (χ0) is 18.8. The summed E-state index contributed by atoms with van der Waals surface area (Å²) in [5.41, 5.74) is 1.29. The zero-order valence-corrected chi connectivity index (χ0v) is 15.1. The van der Waals surface area contributed by atoms with Crippen molar-refractivity contribution in [2.45, 2.75) is 38.9 Å². The molecule has 0 aliphatic carbocycles. The summed E-state index contributed by atoms with van der Waals surface area (Å²) < 4.78 is 1.76. The molecule has 2 amide bonds. The van der Waals surface area contributed by atoms with Gasteiger partial charge in [-0.15, -0.1) is 0 Å². The lowest BCUT2D eigenvalue weighted by atomic mass is 9.88. The van der Waals surface area contributed by atoms with Crippen LogP contribution in [0.5, 0.6) is 0 Å². The van der Waals surface area contributed by atoms with Gasteiger partial charge in [0.05, 0.1) is 5.69 Å². The van der Waals surface area contributed by atoms with Gasteiger partial charge in [0, 0.05) is 50.9 Å². The van der Waals surface area contributed by atoms with Crippen LogP contribution in [0.25, 0.3) is 6.08 Å². The van der Waals surface area contributed by atoms with Crippen LogP contribution in [0.3, 0.4) is 0 Å². The number of nitrogens with one attached hydrogen (secondary N) is 1. The van der Waals surface area contributed by atoms with Crippen LogP contribution in [-0.4, -0.2) is 68.0 Å². The van der Waals surface area contributed by atoms with Gasteiger partial charge >= 0.3 is 0 Å². The molecule has 2 rings (SSSR count). The lowest BCUT2D eigenvalue weighted by molar-refractivity contribution is -0.146. The van der Waals surface area contributed by atoms with Gasteiger partial charge < -0.3 is 20.4 Å². The van der Waals surface area contributed by atoms with E-state index in [1.807, 2.05) is 20.9 Å². The molecule has 1 aromatic heterocycles. The molecule has 0 radical (unpaired) electrons. The highest BCUT2D eigenvalue weighted by atomic mass is 16.3. The van der Waals surface area contributed by atoms with E-state index in [1.54, 1.807) is 10.8 Å². The number of aliphatic hydroxyl groups excluding tert-OH is 1. The first-order valence-corrected chi connectivity index (χ1v) is 8.26. The van der Waals surface area contributed by atoms with Crippen molar-refractivity contribution in [1.82, 2.24) is 20.0 Å². The molecule has 1 aromatic rings. The number of likely N-dealkylation sites (tertiary alicyclic amines) is 1. The van der Waals surface area contributed by atoms with Crippen molar-refractivity contribution in [1.29, 1.82) is 0 Å². The lowest BCUT2D eigenvalue weighted by Gasteiger charge is -2.41. The van der Waals surface area contributed by atoms with E-state index >= 15 is 0 Å². The van der Waals surface area contributed by atoms with E-state index in [9.17, 15) is 19.8 Å². The molecule has 0 saturated carbocycles. The van der Waals surface area contributed by atoms with E-state index in [1.165, 1.54) is 17.9 Å². The molecule has 0 aromatic carbocycles. The summed E-state index contributed by atoms with van der Waals surface area (Å²) in [6.45, 7) is 5.45. The van der Waals surface area contributed by atoms with E-state index in [2.05, 4.69) is 10.4 Å². The second-order valence-electron chi connectivity index (χ2n) is 6.60. The van der Waals surface area contributed by atoms with E-state index in [-0.39, 0.29) is 31.3 Å². The standard InChI is InChI=1S/C17H26N4O4/c1-11-14(12(2)20(4)19-11)5-6-16(24)21-8-7-17(25,15(23)9-21)10-18-13(3)22/h5-6,15,23,25H,7-10H2,1-4H3,(H,18,22)/b6-5+/t15-,17-/m1/s1. The predicted octanol–water partition coefficient (Wildman–Crippen LogP) is -0.489. The number of amides is 2. The number of aromatic nitrogens is 2. The minimum absolute atomic E-state index is 0.0181. The smallest absolute Gasteiger partial charge is 0.246 e. The van der Waals surface area contributed by atoms with Gasteiger partial charge in [0.1, 0.15) is 11.7 Å². The van der Waals surface area contributed by atoms with Gasteiger partial charge in [-0.1, -0.05) is 0 Å². The average Bonchev–Trinajstić information content (AvgIpc) is 2.79. The Labute approximate surface area is 147 Å². The maximum Gasteiger partial charge on any atom is 0.246 e. The van der Waals surface area contributed by atoms with Gasteiger partial charge in [0.15, 0.2) is 0 Å². The Morgan fingerprint density at radius 2 is 2.12 bits per heavy atom. The highest BCUT2D eigenvalue weighted by molar-refractivity contribution is 5.92. The molecule has 2 heterocycles. The van der Waals surface area contributed by atoms with Crippen molar-refractivity contribution in [3.63, 3.8) is 0 Å². The Kier molecular flexibility index (Phi) is 5.64. The molecule has 3 N–H and O–H groups in total. The Hall–Kier alpha value is -2.19. The van der Waals surface area contributed by atoms with Gasteiger partial charge in [-0.25, -0.2) is 0 Å². The SMILES string of the molecule is CC(=O)NC[C@]1(O)CCN(C(=O)/C=C/c2c(C)nn(C)c2C)C[C@H]1O. The third-order valence-electron chi connectivity index (χ3n) is 4.74. The Balaban J connectivity index is 2.00. The molecular formula is C17H26N4O4. The molecule has 138 valence electrons. The molecule has 1 aliphatic heterocycles. The van der Waals surface area contributed by atoms with Crippen molar-refractivity contribution < 1.29 is 19.8 Å². The summed E-state index contributed by atoms with van der Waals surface area (Å²) in [6, 6.07) is 0. The molecular weight excluding hydrogens is 324 g/mol. The number of nitrogens with zero attached hydrogens (tertiary/aromatic N) is 3. The van der Waals surface area contributed by atoms with Gasteiger partial charge in [-0.2, -0.15) is 5.10 Å². The molecule has 1 aliphatic rings. The molecule has 0 spiro atoms. The topological polar surface area (TPSA) is 108 Å². The fourth-order valence-corrected chi connectivity index (χ4v) is 2.94. The summed E-state index contributed by atoms with van der Waals surface area (Å²) >= 11 is 0. The Morgan fingerprint density at radius 3 is 2.64 bits per heavy atom. The van der Waals surface area contributed by atoms with Crippen LogP contribution in [0.2, 0.25) is 0 Å². The molecule has 8 nitrogen and oxygen atoms in total. The largest absolute Gasteiger partial charge is 0.388 e. The summed E-state index contributed by atoms with van der Waals surface area (Å²) in [5.74, 6) is -0.507. The van der Waals surface area contributed by atoms with Gasteiger partial charge in [0.25, 0.3) is 0 Å². The van der Waals surface area contributed by atoms with E-state index in [4.69, 9.17) is 0 Å². The minimum Gasteiger partial charge on any atom is -0.388 e. The first-order chi connectivity index (χ1) is 11.6. The maximum atomic E-state index is 12.4. The number of rotatable bonds is 4. The molecule has 25 heavy (non-hydrogen) atoms. The number of hydrogen-bond donors (Lipinski definition) is 3. The first-order valence-electron chi connectivity index (χ1n) is 8.26. The number of aryl methyl sites for hydroxylation is 2. The van der Waals surface area contributed by atoms with Crippen molar-refractivity contribution in [3.05, 3.63) is 23.0 Å². The number of aliphatic hydroxyl groups is 2. The van der Waals surface area contributed by atoms with Crippen LogP contribution in [0.1, 0.15) is 30.3 Å². The van der Waals surface area contributed by atoms with E-state index in [0.717, 1.165) is 17.0 Å². The minimum atomic E-state index is -1.41. The molecule has 0 bridgehead atoms. The van der Waals surface area contributed by atoms with Crippen molar-refractivity contribution in [3.8, 4) is 0 Å². The van der Waals surface area contributed by atoms with E-state index in [0.29, 0.717) is 6.54 Å². The van der Waals surface area contributed by atoms with Crippen molar-refractivity contribution >= 4 is 17.9 Å². The molecule has 1 saturated heterocycles. The number of hydrogen-bond acceptors (Lipinski definition) is 5. The average molecular weight is 350 g/mol. The summed E-state index contributed by atoms with van der Waals surface area (Å²) in [7, 11) is 1.85. The van der Waals surface area contributed by atoms with E-state index < -0.39 is 11.7 Å². The van der Waals surface area contributed by atoms with Crippen molar-refractivity contribution in [2.24, 2.45) is 7.05 Å². The van der Waals surface area contributed by atoms with Crippen LogP contribution in [0.4, 0.5) is 0 Å². The van der Waals surface area contributed by atoms with Crippen LogP contribution in [-0.2, 0) is 16.6 Å². The zero-order valence-electron chi connectivity index (χ0n) is 15.1. The number of piperidine rings is 1. The third-order valence-corrected chi connectivity index (χ3v) is 4.74. The van der Waals surface area contributed by atoms with Crippen LogP contribution in [0.15, 0.2) is 6.08 Å². The molecule has 1 fully saturated rings. The summed E-state index contributed by atoms with van der Waals surface area (Å²) in [4.78, 5) is 24.9. The lowest BCUT2D eigenvalue weighted by Crippen LogP contribution is -2.60. The third kappa shape index (κ3) is 4.26. The fourth-order valence-electron chi connectivity index (χ4n) is 2.94.